The number of nitrogens with one attached hydrogen (secondary N) is 2. The van der Waals surface area contributed by atoms with Gasteiger partial charge in [0.25, 0.3) is 0 Å². The molecule has 0 aliphatic carbocycles. The van der Waals surface area contributed by atoms with Crippen LogP contribution in [0.5, 0.6) is 0 Å². The summed E-state index contributed by atoms with van der Waals surface area (Å²) in [5.41, 5.74) is 2.43. The Balaban J connectivity index is 1.54. The van der Waals surface area contributed by atoms with Gasteiger partial charge in [0.1, 0.15) is 0 Å². The summed E-state index contributed by atoms with van der Waals surface area (Å²) in [6.45, 7) is 2.63. The van der Waals surface area contributed by atoms with Gasteiger partial charge in [-0.1, -0.05) is 18.2 Å². The standard InChI is InChI=1S/C16H21N3O/c1-19-9-7-13(11-19)16(20)17-8-6-12-10-18-15-5-3-2-4-14(12)15/h2-5,10,13,18H,6-9,11H2,1H3,(H,17,20). The van der Waals surface area contributed by atoms with E-state index >= 15 is 0 Å². The summed E-state index contributed by atoms with van der Waals surface area (Å²) in [5.74, 6) is 0.372. The van der Waals surface area contributed by atoms with Gasteiger partial charge in [0.05, 0.1) is 5.92 Å². The van der Waals surface area contributed by atoms with E-state index in [9.17, 15) is 4.79 Å². The Bertz CT molecular complexity index is 605. The van der Waals surface area contributed by atoms with Crippen LogP contribution in [0.2, 0.25) is 0 Å². The van der Waals surface area contributed by atoms with E-state index in [1.54, 1.807) is 0 Å². The monoisotopic (exact) mass is 271 g/mol. The molecule has 1 amide bonds. The second kappa shape index (κ2) is 5.67. The fourth-order valence-corrected chi connectivity index (χ4v) is 2.95. The third-order valence-corrected chi connectivity index (χ3v) is 4.13. The summed E-state index contributed by atoms with van der Waals surface area (Å²) in [4.78, 5) is 17.5. The lowest BCUT2D eigenvalue weighted by atomic mass is 10.1. The molecule has 4 heteroatoms. The summed E-state index contributed by atoms with van der Waals surface area (Å²) in [5, 5.41) is 4.32. The van der Waals surface area contributed by atoms with Gasteiger partial charge in [0.15, 0.2) is 0 Å². The topological polar surface area (TPSA) is 48.1 Å². The molecule has 1 unspecified atom stereocenters. The van der Waals surface area contributed by atoms with Gasteiger partial charge in [-0.25, -0.2) is 0 Å². The van der Waals surface area contributed by atoms with E-state index in [4.69, 9.17) is 0 Å². The molecular formula is C16H21N3O. The summed E-state index contributed by atoms with van der Waals surface area (Å²) in [7, 11) is 2.07. The number of carbonyl (C=O) groups excluding carboxylic acids is 1. The van der Waals surface area contributed by atoms with E-state index in [2.05, 4.69) is 34.4 Å². The van der Waals surface area contributed by atoms with Crippen LogP contribution in [0.4, 0.5) is 0 Å². The minimum absolute atomic E-state index is 0.169. The molecule has 1 aromatic heterocycles. The van der Waals surface area contributed by atoms with Gasteiger partial charge in [-0.15, -0.1) is 0 Å². The predicted octanol–water partition coefficient (Wildman–Crippen LogP) is 1.78. The second-order valence-corrected chi connectivity index (χ2v) is 5.65. The number of fused-ring (bicyclic) bond motifs is 1. The molecule has 1 aromatic carbocycles. The molecular weight excluding hydrogens is 250 g/mol. The van der Waals surface area contributed by atoms with Crippen LogP contribution in [0.25, 0.3) is 10.9 Å². The zero-order valence-electron chi connectivity index (χ0n) is 11.9. The second-order valence-electron chi connectivity index (χ2n) is 5.65. The highest BCUT2D eigenvalue weighted by atomic mass is 16.1. The molecule has 4 nitrogen and oxygen atoms in total. The Morgan fingerprint density at radius 2 is 2.30 bits per heavy atom. The molecule has 2 heterocycles. The van der Waals surface area contributed by atoms with E-state index in [1.165, 1.54) is 10.9 Å². The largest absolute Gasteiger partial charge is 0.361 e. The predicted molar refractivity (Wildman–Crippen MR) is 80.6 cm³/mol. The Kier molecular flexibility index (Phi) is 3.74. The molecule has 0 saturated carbocycles. The average molecular weight is 271 g/mol. The van der Waals surface area contributed by atoms with Crippen molar-refractivity contribution >= 4 is 16.8 Å². The number of carbonyl (C=O) groups is 1. The molecule has 20 heavy (non-hydrogen) atoms. The van der Waals surface area contributed by atoms with Crippen molar-refractivity contribution < 1.29 is 4.79 Å². The van der Waals surface area contributed by atoms with Crippen molar-refractivity contribution in [2.45, 2.75) is 12.8 Å². The number of benzene rings is 1. The van der Waals surface area contributed by atoms with E-state index < -0.39 is 0 Å². The third kappa shape index (κ3) is 2.70. The maximum absolute atomic E-state index is 12.0. The molecule has 3 rings (SSSR count). The number of para-hydroxylation sites is 1. The van der Waals surface area contributed by atoms with E-state index in [0.29, 0.717) is 6.54 Å². The lowest BCUT2D eigenvalue weighted by Gasteiger charge is -2.11. The zero-order chi connectivity index (χ0) is 13.9. The first-order valence-corrected chi connectivity index (χ1v) is 7.25. The lowest BCUT2D eigenvalue weighted by Crippen LogP contribution is -2.33. The first-order valence-electron chi connectivity index (χ1n) is 7.25. The Labute approximate surface area is 119 Å². The fourth-order valence-electron chi connectivity index (χ4n) is 2.95. The maximum atomic E-state index is 12.0. The molecule has 1 aliphatic heterocycles. The number of aromatic nitrogens is 1. The maximum Gasteiger partial charge on any atom is 0.224 e. The van der Waals surface area contributed by atoms with Crippen LogP contribution in [0.1, 0.15) is 12.0 Å². The van der Waals surface area contributed by atoms with Gasteiger partial charge >= 0.3 is 0 Å². The molecule has 1 aliphatic rings. The van der Waals surface area contributed by atoms with E-state index in [1.807, 2.05) is 18.3 Å². The number of rotatable bonds is 4. The third-order valence-electron chi connectivity index (χ3n) is 4.13. The summed E-state index contributed by atoms with van der Waals surface area (Å²) in [6, 6.07) is 8.27. The highest BCUT2D eigenvalue weighted by Gasteiger charge is 2.25. The SMILES string of the molecule is CN1CCC(C(=O)NCCc2c[nH]c3ccccc23)C1. The van der Waals surface area contributed by atoms with Crippen LogP contribution in [0.3, 0.4) is 0 Å². The van der Waals surface area contributed by atoms with Gasteiger partial charge in [-0.05, 0) is 38.1 Å². The molecule has 2 aromatic rings. The van der Waals surface area contributed by atoms with Gasteiger partial charge < -0.3 is 15.2 Å². The summed E-state index contributed by atoms with van der Waals surface area (Å²) in [6.07, 6.45) is 3.90. The van der Waals surface area contributed by atoms with Gasteiger partial charge in [-0.2, -0.15) is 0 Å². The molecule has 1 fully saturated rings. The molecule has 1 saturated heterocycles. The average Bonchev–Trinajstić information content (AvgIpc) is 3.06. The number of hydrogen-bond donors (Lipinski definition) is 2. The van der Waals surface area contributed by atoms with E-state index in [-0.39, 0.29) is 11.8 Å². The highest BCUT2D eigenvalue weighted by molar-refractivity contribution is 5.83. The minimum Gasteiger partial charge on any atom is -0.361 e. The molecule has 0 bridgehead atoms. The lowest BCUT2D eigenvalue weighted by molar-refractivity contribution is -0.124. The van der Waals surface area contributed by atoms with Crippen LogP contribution < -0.4 is 5.32 Å². The Hall–Kier alpha value is -1.81. The fraction of sp³-hybridized carbons (Fsp3) is 0.438. The number of likely N-dealkylation sites (tertiary alicyclic amines) is 1. The summed E-state index contributed by atoms with van der Waals surface area (Å²) < 4.78 is 0. The molecule has 106 valence electrons. The van der Waals surface area contributed by atoms with Crippen LogP contribution in [0, 0.1) is 5.92 Å². The number of amides is 1. The van der Waals surface area contributed by atoms with Crippen LogP contribution in [-0.4, -0.2) is 42.5 Å². The number of hydrogen-bond acceptors (Lipinski definition) is 2. The number of aromatic amines is 1. The quantitative estimate of drug-likeness (QED) is 0.890. The normalized spacial score (nSPS) is 19.6. The summed E-state index contributed by atoms with van der Waals surface area (Å²) >= 11 is 0. The molecule has 2 N–H and O–H groups in total. The van der Waals surface area contributed by atoms with Crippen LogP contribution in [0.15, 0.2) is 30.5 Å². The van der Waals surface area contributed by atoms with Crippen molar-refractivity contribution in [3.8, 4) is 0 Å². The van der Waals surface area contributed by atoms with Gasteiger partial charge in [-0.3, -0.25) is 4.79 Å². The zero-order valence-corrected chi connectivity index (χ0v) is 11.9. The molecule has 1 atom stereocenters. The molecule has 0 spiro atoms. The first-order chi connectivity index (χ1) is 9.74. The van der Waals surface area contributed by atoms with Crippen molar-refractivity contribution in [2.24, 2.45) is 5.92 Å². The van der Waals surface area contributed by atoms with Crippen LogP contribution in [-0.2, 0) is 11.2 Å². The van der Waals surface area contributed by atoms with Crippen molar-refractivity contribution in [2.75, 3.05) is 26.7 Å². The number of H-pyrrole nitrogens is 1. The van der Waals surface area contributed by atoms with Crippen molar-refractivity contribution in [3.05, 3.63) is 36.0 Å². The van der Waals surface area contributed by atoms with Gasteiger partial charge in [0.2, 0.25) is 5.91 Å². The minimum atomic E-state index is 0.169. The van der Waals surface area contributed by atoms with Crippen molar-refractivity contribution in [3.63, 3.8) is 0 Å². The Morgan fingerprint density at radius 3 is 3.10 bits per heavy atom. The highest BCUT2D eigenvalue weighted by Crippen LogP contribution is 2.18. The Morgan fingerprint density at radius 1 is 1.45 bits per heavy atom. The van der Waals surface area contributed by atoms with Gasteiger partial charge in [0, 0.05) is 30.2 Å². The van der Waals surface area contributed by atoms with Crippen molar-refractivity contribution in [1.82, 2.24) is 15.2 Å². The van der Waals surface area contributed by atoms with Crippen LogP contribution >= 0.6 is 0 Å². The van der Waals surface area contributed by atoms with Crippen molar-refractivity contribution in [1.29, 1.82) is 0 Å². The van der Waals surface area contributed by atoms with E-state index in [0.717, 1.165) is 31.4 Å². The molecule has 0 radical (unpaired) electrons. The number of nitrogens with zero attached hydrogens (tertiary/aromatic N) is 1. The first kappa shape index (κ1) is 13.2. The smallest absolute Gasteiger partial charge is 0.224 e.